The average Bonchev–Trinajstić information content (AvgIpc) is 2.80. The number of hydrogen-bond acceptors (Lipinski definition) is 3. The molecule has 0 saturated carbocycles. The summed E-state index contributed by atoms with van der Waals surface area (Å²) in [5.41, 5.74) is 0.664. The zero-order valence-electron chi connectivity index (χ0n) is 14.2. The lowest BCUT2D eigenvalue weighted by Crippen LogP contribution is -2.38. The Balaban J connectivity index is 1.98. The maximum absolute atomic E-state index is 12.6. The van der Waals surface area contributed by atoms with Crippen molar-refractivity contribution in [3.63, 3.8) is 0 Å². The molecule has 0 aliphatic carbocycles. The van der Waals surface area contributed by atoms with E-state index in [0.717, 1.165) is 18.7 Å². The molecule has 1 fully saturated rings. The summed E-state index contributed by atoms with van der Waals surface area (Å²) in [7, 11) is 0. The van der Waals surface area contributed by atoms with Crippen LogP contribution in [0.4, 0.5) is 0 Å². The quantitative estimate of drug-likeness (QED) is 0.856. The number of nitrogens with zero attached hydrogens (tertiary/aromatic N) is 2. The number of amides is 2. The molecule has 1 aliphatic rings. The highest BCUT2D eigenvalue weighted by atomic mass is 16.5. The Morgan fingerprint density at radius 3 is 2.26 bits per heavy atom. The van der Waals surface area contributed by atoms with Gasteiger partial charge in [0, 0.05) is 37.7 Å². The first-order chi connectivity index (χ1) is 11.0. The molecule has 0 aromatic heterocycles. The van der Waals surface area contributed by atoms with Gasteiger partial charge in [0.1, 0.15) is 5.75 Å². The highest BCUT2D eigenvalue weighted by molar-refractivity contribution is 5.94. The van der Waals surface area contributed by atoms with Gasteiger partial charge in [-0.1, -0.05) is 13.8 Å². The van der Waals surface area contributed by atoms with E-state index in [-0.39, 0.29) is 17.7 Å². The normalized spacial score (nSPS) is 15.5. The van der Waals surface area contributed by atoms with Crippen LogP contribution in [0.15, 0.2) is 24.3 Å². The van der Waals surface area contributed by atoms with Crippen molar-refractivity contribution in [2.75, 3.05) is 32.8 Å². The van der Waals surface area contributed by atoms with Gasteiger partial charge in [0.2, 0.25) is 5.91 Å². The van der Waals surface area contributed by atoms with Crippen molar-refractivity contribution in [1.29, 1.82) is 0 Å². The van der Waals surface area contributed by atoms with E-state index in [9.17, 15) is 9.59 Å². The van der Waals surface area contributed by atoms with Crippen LogP contribution in [0, 0.1) is 5.92 Å². The Labute approximate surface area is 138 Å². The summed E-state index contributed by atoms with van der Waals surface area (Å²) in [4.78, 5) is 28.4. The maximum Gasteiger partial charge on any atom is 0.253 e. The summed E-state index contributed by atoms with van der Waals surface area (Å²) in [6.45, 7) is 8.98. The first-order valence-electron chi connectivity index (χ1n) is 8.34. The molecule has 23 heavy (non-hydrogen) atoms. The zero-order valence-corrected chi connectivity index (χ0v) is 14.2. The SMILES string of the molecule is CCOc1ccc(C(=O)N2CCCN(C(=O)C(C)C)CC2)cc1. The topological polar surface area (TPSA) is 49.9 Å². The Bertz CT molecular complexity index is 540. The van der Waals surface area contributed by atoms with Crippen LogP contribution in [-0.2, 0) is 4.79 Å². The van der Waals surface area contributed by atoms with Crippen molar-refractivity contribution in [1.82, 2.24) is 9.80 Å². The van der Waals surface area contributed by atoms with E-state index in [4.69, 9.17) is 4.74 Å². The largest absolute Gasteiger partial charge is 0.494 e. The molecule has 0 unspecified atom stereocenters. The molecule has 1 aromatic carbocycles. The minimum atomic E-state index is 0.00311. The van der Waals surface area contributed by atoms with E-state index in [2.05, 4.69) is 0 Å². The zero-order chi connectivity index (χ0) is 16.8. The van der Waals surface area contributed by atoms with Crippen LogP contribution in [0.3, 0.4) is 0 Å². The van der Waals surface area contributed by atoms with Crippen molar-refractivity contribution in [3.05, 3.63) is 29.8 Å². The summed E-state index contributed by atoms with van der Waals surface area (Å²) in [6, 6.07) is 7.25. The van der Waals surface area contributed by atoms with E-state index in [0.29, 0.717) is 31.8 Å². The van der Waals surface area contributed by atoms with Crippen LogP contribution < -0.4 is 4.74 Å². The third kappa shape index (κ3) is 4.47. The second kappa shape index (κ2) is 7.99. The van der Waals surface area contributed by atoms with Gasteiger partial charge in [0.25, 0.3) is 5.91 Å². The fourth-order valence-electron chi connectivity index (χ4n) is 2.75. The Kier molecular flexibility index (Phi) is 6.02. The molecule has 2 rings (SSSR count). The van der Waals surface area contributed by atoms with Crippen molar-refractivity contribution < 1.29 is 14.3 Å². The van der Waals surface area contributed by atoms with Gasteiger partial charge in [-0.15, -0.1) is 0 Å². The van der Waals surface area contributed by atoms with Gasteiger partial charge < -0.3 is 14.5 Å². The molecule has 0 atom stereocenters. The number of rotatable bonds is 4. The summed E-state index contributed by atoms with van der Waals surface area (Å²) in [5.74, 6) is 0.962. The summed E-state index contributed by atoms with van der Waals surface area (Å²) < 4.78 is 5.40. The van der Waals surface area contributed by atoms with Gasteiger partial charge in [0.15, 0.2) is 0 Å². The molecule has 0 radical (unpaired) electrons. The predicted molar refractivity (Wildman–Crippen MR) is 89.5 cm³/mol. The van der Waals surface area contributed by atoms with Crippen molar-refractivity contribution in [2.45, 2.75) is 27.2 Å². The van der Waals surface area contributed by atoms with E-state index in [1.807, 2.05) is 42.7 Å². The molecule has 2 amide bonds. The van der Waals surface area contributed by atoms with Crippen LogP contribution in [0.25, 0.3) is 0 Å². The van der Waals surface area contributed by atoms with E-state index in [1.54, 1.807) is 12.1 Å². The van der Waals surface area contributed by atoms with Gasteiger partial charge in [0.05, 0.1) is 6.61 Å². The third-order valence-corrected chi connectivity index (χ3v) is 4.00. The van der Waals surface area contributed by atoms with Gasteiger partial charge in [-0.2, -0.15) is 0 Å². The maximum atomic E-state index is 12.6. The van der Waals surface area contributed by atoms with Crippen LogP contribution in [0.5, 0.6) is 5.75 Å². The van der Waals surface area contributed by atoms with E-state index < -0.39 is 0 Å². The fourth-order valence-corrected chi connectivity index (χ4v) is 2.75. The minimum absolute atomic E-state index is 0.00311. The molecule has 126 valence electrons. The monoisotopic (exact) mass is 318 g/mol. The van der Waals surface area contributed by atoms with Crippen LogP contribution >= 0.6 is 0 Å². The number of carbonyl (C=O) groups is 2. The smallest absolute Gasteiger partial charge is 0.253 e. The molecule has 5 nitrogen and oxygen atoms in total. The van der Waals surface area contributed by atoms with Crippen molar-refractivity contribution in [3.8, 4) is 5.75 Å². The first kappa shape index (κ1) is 17.3. The van der Waals surface area contributed by atoms with Gasteiger partial charge in [-0.3, -0.25) is 9.59 Å². The fraction of sp³-hybridized carbons (Fsp3) is 0.556. The molecule has 0 spiro atoms. The van der Waals surface area contributed by atoms with Gasteiger partial charge in [-0.05, 0) is 37.6 Å². The standard InChI is InChI=1S/C18H26N2O3/c1-4-23-16-8-6-15(7-9-16)18(22)20-11-5-10-19(12-13-20)17(21)14(2)3/h6-9,14H,4-5,10-13H2,1-3H3. The predicted octanol–water partition coefficient (Wildman–Crippen LogP) is 2.42. The molecular weight excluding hydrogens is 292 g/mol. The molecule has 1 heterocycles. The van der Waals surface area contributed by atoms with Crippen LogP contribution in [0.1, 0.15) is 37.6 Å². The summed E-state index contributed by atoms with van der Waals surface area (Å²) in [6.07, 6.45) is 0.821. The second-order valence-corrected chi connectivity index (χ2v) is 6.08. The van der Waals surface area contributed by atoms with E-state index in [1.165, 1.54) is 0 Å². The lowest BCUT2D eigenvalue weighted by atomic mass is 10.2. The second-order valence-electron chi connectivity index (χ2n) is 6.08. The Morgan fingerprint density at radius 2 is 1.65 bits per heavy atom. The number of hydrogen-bond donors (Lipinski definition) is 0. The number of carbonyl (C=O) groups excluding carboxylic acids is 2. The molecule has 0 N–H and O–H groups in total. The molecule has 1 aliphatic heterocycles. The average molecular weight is 318 g/mol. The lowest BCUT2D eigenvalue weighted by Gasteiger charge is -2.23. The van der Waals surface area contributed by atoms with Crippen LogP contribution in [0.2, 0.25) is 0 Å². The summed E-state index contributed by atoms with van der Waals surface area (Å²) >= 11 is 0. The molecule has 1 saturated heterocycles. The molecular formula is C18H26N2O3. The van der Waals surface area contributed by atoms with Crippen LogP contribution in [-0.4, -0.2) is 54.4 Å². The van der Waals surface area contributed by atoms with E-state index >= 15 is 0 Å². The Morgan fingerprint density at radius 1 is 1.04 bits per heavy atom. The lowest BCUT2D eigenvalue weighted by molar-refractivity contribution is -0.134. The first-order valence-corrected chi connectivity index (χ1v) is 8.34. The van der Waals surface area contributed by atoms with Crippen molar-refractivity contribution in [2.24, 2.45) is 5.92 Å². The summed E-state index contributed by atoms with van der Waals surface area (Å²) in [5, 5.41) is 0. The van der Waals surface area contributed by atoms with Gasteiger partial charge in [-0.25, -0.2) is 0 Å². The van der Waals surface area contributed by atoms with Crippen molar-refractivity contribution >= 4 is 11.8 Å². The third-order valence-electron chi connectivity index (χ3n) is 4.00. The number of ether oxygens (including phenoxy) is 1. The van der Waals surface area contributed by atoms with Gasteiger partial charge >= 0.3 is 0 Å². The molecule has 5 heteroatoms. The minimum Gasteiger partial charge on any atom is -0.494 e. The molecule has 1 aromatic rings. The Hall–Kier alpha value is -2.04. The highest BCUT2D eigenvalue weighted by Gasteiger charge is 2.23. The highest BCUT2D eigenvalue weighted by Crippen LogP contribution is 2.15. The molecule has 0 bridgehead atoms. The number of benzene rings is 1.